The Morgan fingerprint density at radius 2 is 1.74 bits per heavy atom. The van der Waals surface area contributed by atoms with Gasteiger partial charge in [0.15, 0.2) is 6.04 Å². The van der Waals surface area contributed by atoms with Crippen molar-refractivity contribution in [1.29, 1.82) is 0 Å². The first-order valence-electron chi connectivity index (χ1n) is 7.68. The summed E-state index contributed by atoms with van der Waals surface area (Å²) < 4.78 is 0. The van der Waals surface area contributed by atoms with Gasteiger partial charge in [0.05, 0.1) is 0 Å². The highest BCUT2D eigenvalue weighted by Gasteiger charge is 2.35. The van der Waals surface area contributed by atoms with Crippen LogP contribution in [0.2, 0.25) is 0 Å². The predicted molar refractivity (Wildman–Crippen MR) is 92.5 cm³/mol. The first-order valence-corrected chi connectivity index (χ1v) is 7.68. The minimum Gasteiger partial charge on any atom is -0.480 e. The molecule has 0 unspecified atom stereocenters. The fourth-order valence-corrected chi connectivity index (χ4v) is 3.00. The summed E-state index contributed by atoms with van der Waals surface area (Å²) >= 11 is 0. The Hall–Kier alpha value is -2.62. The molecule has 0 spiro atoms. The van der Waals surface area contributed by atoms with E-state index in [4.69, 9.17) is 0 Å². The lowest BCUT2D eigenvalue weighted by Crippen LogP contribution is -2.22. The van der Waals surface area contributed by atoms with Crippen molar-refractivity contribution in [3.63, 3.8) is 0 Å². The highest BCUT2D eigenvalue weighted by Crippen LogP contribution is 2.34. The molecule has 4 heteroatoms. The second kappa shape index (κ2) is 6.24. The van der Waals surface area contributed by atoms with Gasteiger partial charge < -0.3 is 10.0 Å². The molecule has 2 aromatic rings. The lowest BCUT2D eigenvalue weighted by molar-refractivity contribution is -0.138. The third-order valence-corrected chi connectivity index (χ3v) is 4.29. The standard InChI is InChI=1S/C19H20N2O2/c1-21(2)15-10-8-14(9-11-15)17-12-16(18(20-17)19(22)23)13-6-4-3-5-7-13/h3-11,16,18H,12H2,1-2H3,(H,22,23)/t16-,18+/m1/s1. The number of hydrogen-bond donors (Lipinski definition) is 1. The Bertz CT molecular complexity index is 721. The molecule has 2 atom stereocenters. The second-order valence-electron chi connectivity index (χ2n) is 6.02. The minimum atomic E-state index is -0.862. The van der Waals surface area contributed by atoms with Gasteiger partial charge in [-0.25, -0.2) is 4.79 Å². The Kier molecular flexibility index (Phi) is 4.15. The molecule has 0 aromatic heterocycles. The fourth-order valence-electron chi connectivity index (χ4n) is 3.00. The molecule has 1 aliphatic heterocycles. The number of rotatable bonds is 4. The molecule has 1 heterocycles. The topological polar surface area (TPSA) is 52.9 Å². The lowest BCUT2D eigenvalue weighted by Gasteiger charge is -2.14. The van der Waals surface area contributed by atoms with Crippen molar-refractivity contribution in [2.75, 3.05) is 19.0 Å². The molecule has 0 bridgehead atoms. The first-order chi connectivity index (χ1) is 11.1. The summed E-state index contributed by atoms with van der Waals surface area (Å²) in [5.74, 6) is -0.962. The van der Waals surface area contributed by atoms with Crippen LogP contribution in [0.15, 0.2) is 59.6 Å². The van der Waals surface area contributed by atoms with Crippen LogP contribution in [0.25, 0.3) is 0 Å². The van der Waals surface area contributed by atoms with Gasteiger partial charge >= 0.3 is 5.97 Å². The summed E-state index contributed by atoms with van der Waals surface area (Å²) in [4.78, 5) is 18.1. The maximum atomic E-state index is 11.6. The first kappa shape index (κ1) is 15.3. The third-order valence-electron chi connectivity index (χ3n) is 4.29. The number of carbonyl (C=O) groups is 1. The Balaban J connectivity index is 1.89. The van der Waals surface area contributed by atoms with Crippen LogP contribution in [-0.4, -0.2) is 36.9 Å². The van der Waals surface area contributed by atoms with E-state index in [1.807, 2.05) is 73.6 Å². The van der Waals surface area contributed by atoms with Crippen LogP contribution in [0.5, 0.6) is 0 Å². The molecule has 3 rings (SSSR count). The molecule has 23 heavy (non-hydrogen) atoms. The minimum absolute atomic E-state index is 0.0998. The van der Waals surface area contributed by atoms with Crippen LogP contribution >= 0.6 is 0 Å². The van der Waals surface area contributed by atoms with E-state index < -0.39 is 12.0 Å². The average Bonchev–Trinajstić information content (AvgIpc) is 3.01. The zero-order valence-corrected chi connectivity index (χ0v) is 13.3. The monoisotopic (exact) mass is 308 g/mol. The molecule has 2 aromatic carbocycles. The summed E-state index contributed by atoms with van der Waals surface area (Å²) in [7, 11) is 3.99. The van der Waals surface area contributed by atoms with E-state index >= 15 is 0 Å². The summed E-state index contributed by atoms with van der Waals surface area (Å²) in [5.41, 5.74) is 4.02. The average molecular weight is 308 g/mol. The van der Waals surface area contributed by atoms with E-state index in [1.165, 1.54) is 0 Å². The predicted octanol–water partition coefficient (Wildman–Crippen LogP) is 3.18. The van der Waals surface area contributed by atoms with Gasteiger partial charge in [-0.05, 0) is 29.7 Å². The van der Waals surface area contributed by atoms with Gasteiger partial charge in [0.2, 0.25) is 0 Å². The maximum Gasteiger partial charge on any atom is 0.329 e. The van der Waals surface area contributed by atoms with Gasteiger partial charge in [0.1, 0.15) is 0 Å². The van der Waals surface area contributed by atoms with Gasteiger partial charge in [0, 0.05) is 31.4 Å². The molecule has 0 saturated carbocycles. The van der Waals surface area contributed by atoms with Gasteiger partial charge in [-0.2, -0.15) is 0 Å². The van der Waals surface area contributed by atoms with Crippen molar-refractivity contribution in [2.45, 2.75) is 18.4 Å². The van der Waals surface area contributed by atoms with Crippen LogP contribution in [0.4, 0.5) is 5.69 Å². The van der Waals surface area contributed by atoms with E-state index in [0.29, 0.717) is 6.42 Å². The highest BCUT2D eigenvalue weighted by atomic mass is 16.4. The highest BCUT2D eigenvalue weighted by molar-refractivity contribution is 6.04. The summed E-state index contributed by atoms with van der Waals surface area (Å²) in [6, 6.07) is 17.2. The zero-order valence-electron chi connectivity index (χ0n) is 13.3. The van der Waals surface area contributed by atoms with Gasteiger partial charge in [-0.15, -0.1) is 0 Å². The summed E-state index contributed by atoms with van der Waals surface area (Å²) in [5, 5.41) is 9.51. The van der Waals surface area contributed by atoms with Crippen LogP contribution in [0.3, 0.4) is 0 Å². The van der Waals surface area contributed by atoms with Crippen molar-refractivity contribution in [1.82, 2.24) is 0 Å². The number of anilines is 1. The van der Waals surface area contributed by atoms with Gasteiger partial charge in [0.25, 0.3) is 0 Å². The van der Waals surface area contributed by atoms with Gasteiger partial charge in [-0.3, -0.25) is 4.99 Å². The largest absolute Gasteiger partial charge is 0.480 e. The van der Waals surface area contributed by atoms with Crippen LogP contribution in [0, 0.1) is 0 Å². The zero-order chi connectivity index (χ0) is 16.4. The Labute approximate surface area is 136 Å². The molecular formula is C19H20N2O2. The van der Waals surface area contributed by atoms with E-state index in [0.717, 1.165) is 22.5 Å². The number of hydrogen-bond acceptors (Lipinski definition) is 3. The van der Waals surface area contributed by atoms with E-state index in [2.05, 4.69) is 4.99 Å². The fraction of sp³-hybridized carbons (Fsp3) is 0.263. The number of benzene rings is 2. The molecule has 0 aliphatic carbocycles. The Morgan fingerprint density at radius 1 is 1.09 bits per heavy atom. The number of carboxylic acid groups (broad SMARTS) is 1. The molecule has 0 amide bonds. The number of carboxylic acids is 1. The van der Waals surface area contributed by atoms with Crippen LogP contribution in [0.1, 0.15) is 23.5 Å². The van der Waals surface area contributed by atoms with E-state index in [1.54, 1.807) is 0 Å². The third kappa shape index (κ3) is 3.11. The normalized spacial score (nSPS) is 20.2. The lowest BCUT2D eigenvalue weighted by atomic mass is 9.89. The number of aliphatic imine (C=N–C) groups is 1. The molecule has 4 nitrogen and oxygen atoms in total. The van der Waals surface area contributed by atoms with Gasteiger partial charge in [-0.1, -0.05) is 42.5 Å². The van der Waals surface area contributed by atoms with Crippen molar-refractivity contribution >= 4 is 17.4 Å². The van der Waals surface area contributed by atoms with Crippen molar-refractivity contribution < 1.29 is 9.90 Å². The maximum absolute atomic E-state index is 11.6. The van der Waals surface area contributed by atoms with Crippen LogP contribution in [-0.2, 0) is 4.79 Å². The van der Waals surface area contributed by atoms with E-state index in [-0.39, 0.29) is 5.92 Å². The second-order valence-corrected chi connectivity index (χ2v) is 6.02. The SMILES string of the molecule is CN(C)c1ccc(C2=N[C@H](C(=O)O)[C@@H](c3ccccc3)C2)cc1. The van der Waals surface area contributed by atoms with Crippen LogP contribution < -0.4 is 4.90 Å². The smallest absolute Gasteiger partial charge is 0.329 e. The summed E-state index contributed by atoms with van der Waals surface area (Å²) in [6.07, 6.45) is 0.655. The molecule has 0 fully saturated rings. The summed E-state index contributed by atoms with van der Waals surface area (Å²) in [6.45, 7) is 0. The number of nitrogens with zero attached hydrogens (tertiary/aromatic N) is 2. The molecule has 0 radical (unpaired) electrons. The molecule has 118 valence electrons. The van der Waals surface area contributed by atoms with E-state index in [9.17, 15) is 9.90 Å². The molecule has 0 saturated heterocycles. The van der Waals surface area contributed by atoms with Crippen molar-refractivity contribution in [2.24, 2.45) is 4.99 Å². The molecular weight excluding hydrogens is 288 g/mol. The number of aliphatic carboxylic acids is 1. The quantitative estimate of drug-likeness (QED) is 0.944. The molecule has 1 N–H and O–H groups in total. The molecule has 1 aliphatic rings. The van der Waals surface area contributed by atoms with Crippen molar-refractivity contribution in [3.05, 3.63) is 65.7 Å². The Morgan fingerprint density at radius 3 is 2.30 bits per heavy atom. The van der Waals surface area contributed by atoms with Crippen molar-refractivity contribution in [3.8, 4) is 0 Å².